The minimum Gasteiger partial charge on any atom is -0.361 e. The summed E-state index contributed by atoms with van der Waals surface area (Å²) in [4.78, 5) is 15.9. The van der Waals surface area contributed by atoms with Crippen molar-refractivity contribution in [2.24, 2.45) is 0 Å². The predicted octanol–water partition coefficient (Wildman–Crippen LogP) is 3.94. The van der Waals surface area contributed by atoms with Crippen molar-refractivity contribution in [3.63, 3.8) is 0 Å². The van der Waals surface area contributed by atoms with Crippen molar-refractivity contribution >= 4 is 16.7 Å². The third-order valence-corrected chi connectivity index (χ3v) is 5.23. The molecule has 0 atom stereocenters. The zero-order valence-electron chi connectivity index (χ0n) is 14.9. The second-order valence-electron chi connectivity index (χ2n) is 7.10. The van der Waals surface area contributed by atoms with Gasteiger partial charge in [-0.1, -0.05) is 18.2 Å². The van der Waals surface area contributed by atoms with Gasteiger partial charge < -0.3 is 14.9 Å². The number of nitrogens with zero attached hydrogens (tertiary/aromatic N) is 1. The summed E-state index contributed by atoms with van der Waals surface area (Å²) in [6.45, 7) is 5.38. The van der Waals surface area contributed by atoms with E-state index in [4.69, 9.17) is 0 Å². The van der Waals surface area contributed by atoms with Crippen molar-refractivity contribution < 1.29 is 4.79 Å². The topological polar surface area (TPSA) is 49.8 Å². The molecule has 25 heavy (non-hydrogen) atoms. The van der Waals surface area contributed by atoms with Gasteiger partial charge >= 0.3 is 0 Å². The van der Waals surface area contributed by atoms with Crippen molar-refractivity contribution in [1.29, 1.82) is 0 Å². The number of hydrogen-bond acceptors (Lipinski definition) is 2. The summed E-state index contributed by atoms with van der Waals surface area (Å²) in [6.07, 6.45) is 5.47. The number of fused-ring (bicyclic) bond motifs is 1. The second-order valence-corrected chi connectivity index (χ2v) is 7.10. The first-order valence-electron chi connectivity index (χ1n) is 9.12. The maximum atomic E-state index is 12.6. The van der Waals surface area contributed by atoms with E-state index in [-0.39, 0.29) is 5.78 Å². The van der Waals surface area contributed by atoms with Gasteiger partial charge in [-0.05, 0) is 57.4 Å². The van der Waals surface area contributed by atoms with Crippen LogP contribution in [0.3, 0.4) is 0 Å². The number of hydrogen-bond donors (Lipinski definition) is 2. The molecule has 130 valence electrons. The lowest BCUT2D eigenvalue weighted by atomic mass is 10.1. The molecule has 4 nitrogen and oxygen atoms in total. The molecule has 1 aliphatic rings. The molecule has 0 amide bonds. The Morgan fingerprint density at radius 3 is 2.88 bits per heavy atom. The fourth-order valence-corrected chi connectivity index (χ4v) is 3.81. The summed E-state index contributed by atoms with van der Waals surface area (Å²) in [6, 6.07) is 11.0. The normalized spacial score (nSPS) is 14.3. The Morgan fingerprint density at radius 2 is 2.08 bits per heavy atom. The molecule has 1 aromatic carbocycles. The number of carbonyl (C=O) groups excluding carboxylic acids is 1. The van der Waals surface area contributed by atoms with Gasteiger partial charge in [0.2, 0.25) is 0 Å². The van der Waals surface area contributed by atoms with Gasteiger partial charge in [-0.2, -0.15) is 0 Å². The Hall–Kier alpha value is -2.33. The number of aryl methyl sites for hydroxylation is 1. The van der Waals surface area contributed by atoms with Crippen LogP contribution in [0, 0.1) is 13.8 Å². The molecule has 0 aliphatic heterocycles. The Balaban J connectivity index is 1.34. The molecule has 0 saturated heterocycles. The Morgan fingerprint density at radius 1 is 1.28 bits per heavy atom. The highest BCUT2D eigenvalue weighted by molar-refractivity contribution is 5.99. The standard InChI is InChI=1S/C21H25N3O/c1-14-11-19(15(2)24(14)17-7-8-17)21(25)13-22-10-9-16-12-23-20-6-4-3-5-18(16)20/h3-6,11-12,17,22-23H,7-10,13H2,1-2H3. The number of rotatable bonds is 7. The van der Waals surface area contributed by atoms with Crippen LogP contribution in [0.1, 0.15) is 46.2 Å². The van der Waals surface area contributed by atoms with Gasteiger partial charge in [0.25, 0.3) is 0 Å². The average Bonchev–Trinajstić information content (AvgIpc) is 3.28. The summed E-state index contributed by atoms with van der Waals surface area (Å²) in [5.74, 6) is 0.193. The van der Waals surface area contributed by atoms with Gasteiger partial charge in [-0.25, -0.2) is 0 Å². The van der Waals surface area contributed by atoms with Crippen LogP contribution in [0.4, 0.5) is 0 Å². The lowest BCUT2D eigenvalue weighted by Crippen LogP contribution is -2.25. The smallest absolute Gasteiger partial charge is 0.178 e. The molecule has 2 heterocycles. The first-order valence-corrected chi connectivity index (χ1v) is 9.12. The first kappa shape index (κ1) is 16.2. The molecule has 2 aromatic heterocycles. The number of benzene rings is 1. The van der Waals surface area contributed by atoms with Gasteiger partial charge in [-0.15, -0.1) is 0 Å². The first-order chi connectivity index (χ1) is 12.1. The molecule has 1 aliphatic carbocycles. The SMILES string of the molecule is Cc1cc(C(=O)CNCCc2c[nH]c3ccccc23)c(C)n1C1CC1. The minimum atomic E-state index is 0.193. The van der Waals surface area contributed by atoms with Gasteiger partial charge in [0.1, 0.15) is 0 Å². The van der Waals surface area contributed by atoms with Crippen LogP contribution >= 0.6 is 0 Å². The summed E-state index contributed by atoms with van der Waals surface area (Å²) >= 11 is 0. The molecular weight excluding hydrogens is 310 g/mol. The highest BCUT2D eigenvalue weighted by atomic mass is 16.1. The van der Waals surface area contributed by atoms with Gasteiger partial charge in [0, 0.05) is 40.1 Å². The molecule has 1 fully saturated rings. The van der Waals surface area contributed by atoms with Crippen molar-refractivity contribution in [2.75, 3.05) is 13.1 Å². The van der Waals surface area contributed by atoms with Crippen LogP contribution in [0.2, 0.25) is 0 Å². The van der Waals surface area contributed by atoms with E-state index in [0.717, 1.165) is 24.2 Å². The van der Waals surface area contributed by atoms with Crippen molar-refractivity contribution in [1.82, 2.24) is 14.9 Å². The van der Waals surface area contributed by atoms with E-state index in [0.29, 0.717) is 12.6 Å². The number of aromatic amines is 1. The van der Waals surface area contributed by atoms with E-state index >= 15 is 0 Å². The number of nitrogens with one attached hydrogen (secondary N) is 2. The van der Waals surface area contributed by atoms with Crippen molar-refractivity contribution in [3.8, 4) is 0 Å². The second kappa shape index (κ2) is 6.52. The molecule has 1 saturated carbocycles. The van der Waals surface area contributed by atoms with E-state index < -0.39 is 0 Å². The van der Waals surface area contributed by atoms with Gasteiger partial charge in [0.15, 0.2) is 5.78 Å². The van der Waals surface area contributed by atoms with Crippen LogP contribution < -0.4 is 5.32 Å². The van der Waals surface area contributed by atoms with E-state index in [2.05, 4.69) is 59.2 Å². The third kappa shape index (κ3) is 3.14. The Bertz CT molecular complexity index is 915. The Labute approximate surface area is 148 Å². The van der Waals surface area contributed by atoms with E-state index in [1.807, 2.05) is 6.07 Å². The largest absolute Gasteiger partial charge is 0.361 e. The molecule has 2 N–H and O–H groups in total. The van der Waals surface area contributed by atoms with Crippen molar-refractivity contribution in [3.05, 3.63) is 59.0 Å². The molecular formula is C21H25N3O. The van der Waals surface area contributed by atoms with Gasteiger partial charge in [-0.3, -0.25) is 4.79 Å². The number of Topliss-reactive ketones (excluding diaryl/α,β-unsaturated/α-hetero) is 1. The minimum absolute atomic E-state index is 0.193. The van der Waals surface area contributed by atoms with Crippen LogP contribution in [0.25, 0.3) is 10.9 Å². The molecule has 4 rings (SSSR count). The lowest BCUT2D eigenvalue weighted by Gasteiger charge is -2.08. The number of carbonyl (C=O) groups is 1. The highest BCUT2D eigenvalue weighted by Crippen LogP contribution is 2.38. The van der Waals surface area contributed by atoms with Gasteiger partial charge in [0.05, 0.1) is 6.54 Å². The molecule has 0 unspecified atom stereocenters. The summed E-state index contributed by atoms with van der Waals surface area (Å²) in [5.41, 5.74) is 5.68. The maximum Gasteiger partial charge on any atom is 0.178 e. The molecule has 3 aromatic rings. The number of H-pyrrole nitrogens is 1. The van der Waals surface area contributed by atoms with Crippen molar-refractivity contribution in [2.45, 2.75) is 39.2 Å². The van der Waals surface area contributed by atoms with E-state index in [9.17, 15) is 4.79 Å². The summed E-state index contributed by atoms with van der Waals surface area (Å²) in [5, 5.41) is 4.58. The summed E-state index contributed by atoms with van der Waals surface area (Å²) < 4.78 is 2.33. The van der Waals surface area contributed by atoms with Crippen LogP contribution in [0.15, 0.2) is 36.5 Å². The van der Waals surface area contributed by atoms with Crippen LogP contribution in [-0.2, 0) is 6.42 Å². The van der Waals surface area contributed by atoms with Crippen LogP contribution in [0.5, 0.6) is 0 Å². The fraction of sp³-hybridized carbons (Fsp3) is 0.381. The molecule has 4 heteroatoms. The van der Waals surface area contributed by atoms with Crippen LogP contribution in [-0.4, -0.2) is 28.4 Å². The zero-order valence-corrected chi connectivity index (χ0v) is 14.9. The third-order valence-electron chi connectivity index (χ3n) is 5.23. The van der Waals surface area contributed by atoms with E-state index in [1.54, 1.807) is 0 Å². The predicted molar refractivity (Wildman–Crippen MR) is 101 cm³/mol. The maximum absolute atomic E-state index is 12.6. The molecule has 0 bridgehead atoms. The molecule has 0 radical (unpaired) electrons. The quantitative estimate of drug-likeness (QED) is 0.507. The average molecular weight is 335 g/mol. The number of ketones is 1. The number of aromatic nitrogens is 2. The summed E-state index contributed by atoms with van der Waals surface area (Å²) in [7, 11) is 0. The highest BCUT2D eigenvalue weighted by Gasteiger charge is 2.28. The fourth-order valence-electron chi connectivity index (χ4n) is 3.81. The Kier molecular flexibility index (Phi) is 4.22. The number of para-hydroxylation sites is 1. The monoisotopic (exact) mass is 335 g/mol. The zero-order chi connectivity index (χ0) is 17.4. The van der Waals surface area contributed by atoms with E-state index in [1.165, 1.54) is 35.0 Å². The molecule has 0 spiro atoms. The lowest BCUT2D eigenvalue weighted by molar-refractivity contribution is 0.0990.